The van der Waals surface area contributed by atoms with Crippen LogP contribution in [0.15, 0.2) is 18.2 Å². The zero-order valence-corrected chi connectivity index (χ0v) is 19.3. The average molecular weight is 548 g/mol. The molecule has 2 rings (SSSR count). The summed E-state index contributed by atoms with van der Waals surface area (Å²) >= 11 is 0. The minimum atomic E-state index is -5.86. The molecule has 0 atom stereocenters. The normalized spacial score (nSPS) is 15.8. The van der Waals surface area contributed by atoms with Gasteiger partial charge < -0.3 is 14.7 Å². The average Bonchev–Trinajstić information content (AvgIpc) is 2.74. The predicted octanol–water partition coefficient (Wildman–Crippen LogP) is 4.92. The van der Waals surface area contributed by atoms with Crippen LogP contribution in [0, 0.1) is 17.3 Å². The van der Waals surface area contributed by atoms with Crippen molar-refractivity contribution < 1.29 is 58.9 Å². The predicted molar refractivity (Wildman–Crippen MR) is 109 cm³/mol. The van der Waals surface area contributed by atoms with Crippen LogP contribution in [0.25, 0.3) is 0 Å². The van der Waals surface area contributed by atoms with Gasteiger partial charge in [-0.15, -0.1) is 0 Å². The van der Waals surface area contributed by atoms with Crippen LogP contribution in [0.3, 0.4) is 0 Å². The minimum absolute atomic E-state index is 0.0822. The second-order valence-electron chi connectivity index (χ2n) is 8.71. The molecule has 1 fully saturated rings. The summed E-state index contributed by atoms with van der Waals surface area (Å²) < 4.78 is 119. The number of ether oxygens (including phenoxy) is 1. The number of aliphatic carboxylic acids is 1. The van der Waals surface area contributed by atoms with E-state index in [0.29, 0.717) is 4.90 Å². The summed E-state index contributed by atoms with van der Waals surface area (Å²) in [6.07, 6.45) is -22.6. The van der Waals surface area contributed by atoms with Crippen molar-refractivity contribution in [3.05, 3.63) is 34.9 Å². The third kappa shape index (κ3) is 8.44. The minimum Gasteiger partial charge on any atom is -0.480 e. The van der Waals surface area contributed by atoms with Gasteiger partial charge in [-0.25, -0.2) is 4.79 Å². The van der Waals surface area contributed by atoms with Gasteiger partial charge in [0.2, 0.25) is 0 Å². The van der Waals surface area contributed by atoms with Crippen molar-refractivity contribution in [3.63, 3.8) is 0 Å². The Morgan fingerprint density at radius 3 is 1.95 bits per heavy atom. The van der Waals surface area contributed by atoms with Gasteiger partial charge in [0.1, 0.15) is 5.41 Å². The van der Waals surface area contributed by atoms with E-state index in [1.54, 1.807) is 0 Å². The summed E-state index contributed by atoms with van der Waals surface area (Å²) in [4.78, 5) is 25.2. The highest BCUT2D eigenvalue weighted by atomic mass is 19.4. The molecule has 0 saturated carbocycles. The highest BCUT2D eigenvalue weighted by Crippen LogP contribution is 2.36. The molecule has 0 bridgehead atoms. The van der Waals surface area contributed by atoms with Crippen molar-refractivity contribution in [1.82, 2.24) is 9.80 Å². The van der Waals surface area contributed by atoms with Gasteiger partial charge in [0.25, 0.3) is 6.10 Å². The summed E-state index contributed by atoms with van der Waals surface area (Å²) in [6.45, 7) is 1.60. The lowest BCUT2D eigenvalue weighted by Crippen LogP contribution is -2.52. The first-order valence-electron chi connectivity index (χ1n) is 10.5. The van der Waals surface area contributed by atoms with Crippen molar-refractivity contribution in [2.24, 2.45) is 5.41 Å². The standard InChI is InChI=1S/C22H21F9N2O4/c1-19(2,17(34)35)4-3-13-9-14(11-15(10-13)20(23,24)25)12-32-5-7-33(8-6-32)18(36)37-16(21(26,27)28)22(29,30)31/h9-11,16H,5-8,12H2,1-2H3,(H,34,35). The lowest BCUT2D eigenvalue weighted by molar-refractivity contribution is -0.308. The molecule has 1 aliphatic rings. The Bertz CT molecular complexity index is 1050. The van der Waals surface area contributed by atoms with Gasteiger partial charge in [-0.1, -0.05) is 11.8 Å². The molecule has 6 nitrogen and oxygen atoms in total. The highest BCUT2D eigenvalue weighted by Gasteiger charge is 2.60. The molecule has 15 heteroatoms. The summed E-state index contributed by atoms with van der Waals surface area (Å²) in [5.74, 6) is 3.53. The van der Waals surface area contributed by atoms with Crippen LogP contribution in [-0.2, 0) is 22.3 Å². The fraction of sp³-hybridized carbons (Fsp3) is 0.545. The zero-order chi connectivity index (χ0) is 28.4. The van der Waals surface area contributed by atoms with E-state index >= 15 is 0 Å². The topological polar surface area (TPSA) is 70.1 Å². The number of rotatable bonds is 4. The number of amides is 1. The Labute approximate surface area is 205 Å². The molecular weight excluding hydrogens is 527 g/mol. The fourth-order valence-electron chi connectivity index (χ4n) is 3.14. The Morgan fingerprint density at radius 2 is 1.49 bits per heavy atom. The smallest absolute Gasteiger partial charge is 0.434 e. The molecule has 1 aromatic carbocycles. The molecule has 0 unspecified atom stereocenters. The Hall–Kier alpha value is -3.15. The molecule has 1 heterocycles. The summed E-state index contributed by atoms with van der Waals surface area (Å²) in [6, 6.07) is 2.89. The highest BCUT2D eigenvalue weighted by molar-refractivity contribution is 5.77. The van der Waals surface area contributed by atoms with E-state index in [9.17, 15) is 49.1 Å². The third-order valence-electron chi connectivity index (χ3n) is 5.22. The first-order valence-corrected chi connectivity index (χ1v) is 10.5. The number of nitrogens with zero attached hydrogens (tertiary/aromatic N) is 2. The van der Waals surface area contributed by atoms with Crippen LogP contribution in [-0.4, -0.2) is 71.6 Å². The van der Waals surface area contributed by atoms with E-state index in [2.05, 4.69) is 16.6 Å². The molecule has 1 amide bonds. The summed E-state index contributed by atoms with van der Waals surface area (Å²) in [5.41, 5.74) is -2.56. The maximum Gasteiger partial charge on any atom is 0.434 e. The number of benzene rings is 1. The molecule has 1 saturated heterocycles. The maximum atomic E-state index is 13.4. The number of alkyl halides is 9. The number of hydrogen-bond donors (Lipinski definition) is 1. The third-order valence-corrected chi connectivity index (χ3v) is 5.22. The van der Waals surface area contributed by atoms with Gasteiger partial charge in [-0.2, -0.15) is 39.5 Å². The van der Waals surface area contributed by atoms with Gasteiger partial charge in [0.05, 0.1) is 5.56 Å². The number of piperazine rings is 1. The van der Waals surface area contributed by atoms with Gasteiger partial charge in [-0.05, 0) is 37.6 Å². The molecule has 0 radical (unpaired) electrons. The van der Waals surface area contributed by atoms with E-state index in [1.807, 2.05) is 0 Å². The second kappa shape index (κ2) is 10.7. The van der Waals surface area contributed by atoms with E-state index < -0.39 is 47.7 Å². The lowest BCUT2D eigenvalue weighted by atomic mass is 9.94. The SMILES string of the molecule is CC(C)(C#Cc1cc(CN2CCN(C(=O)OC(C(F)(F)F)C(F)(F)F)CC2)cc(C(F)(F)F)c1)C(=O)O. The fourth-order valence-corrected chi connectivity index (χ4v) is 3.14. The van der Waals surface area contributed by atoms with Crippen LogP contribution >= 0.6 is 0 Å². The van der Waals surface area contributed by atoms with Gasteiger partial charge in [0.15, 0.2) is 0 Å². The van der Waals surface area contributed by atoms with E-state index in [4.69, 9.17) is 5.11 Å². The van der Waals surface area contributed by atoms with Crippen LogP contribution in [0.2, 0.25) is 0 Å². The number of halogens is 9. The second-order valence-corrected chi connectivity index (χ2v) is 8.71. The molecule has 206 valence electrons. The maximum absolute atomic E-state index is 13.4. The largest absolute Gasteiger partial charge is 0.480 e. The molecule has 0 aromatic heterocycles. The zero-order valence-electron chi connectivity index (χ0n) is 19.3. The van der Waals surface area contributed by atoms with Crippen molar-refractivity contribution >= 4 is 12.1 Å². The monoisotopic (exact) mass is 548 g/mol. The van der Waals surface area contributed by atoms with E-state index in [-0.39, 0.29) is 43.9 Å². The van der Waals surface area contributed by atoms with Crippen LogP contribution in [0.4, 0.5) is 44.3 Å². The Balaban J connectivity index is 2.14. The molecule has 0 spiro atoms. The number of carbonyl (C=O) groups is 2. The van der Waals surface area contributed by atoms with Crippen molar-refractivity contribution in [1.29, 1.82) is 0 Å². The lowest BCUT2D eigenvalue weighted by Gasteiger charge is -2.35. The van der Waals surface area contributed by atoms with E-state index in [1.165, 1.54) is 24.8 Å². The molecule has 0 aliphatic carbocycles. The van der Waals surface area contributed by atoms with Gasteiger partial charge >= 0.3 is 30.6 Å². The number of carboxylic acids is 1. The first-order chi connectivity index (χ1) is 16.7. The van der Waals surface area contributed by atoms with Crippen molar-refractivity contribution in [3.8, 4) is 11.8 Å². The van der Waals surface area contributed by atoms with Crippen LogP contribution < -0.4 is 0 Å². The Morgan fingerprint density at radius 1 is 0.946 bits per heavy atom. The Kier molecular flexibility index (Phi) is 8.68. The number of hydrogen-bond acceptors (Lipinski definition) is 4. The van der Waals surface area contributed by atoms with Crippen molar-refractivity contribution in [2.75, 3.05) is 26.2 Å². The molecule has 1 aromatic rings. The van der Waals surface area contributed by atoms with E-state index in [0.717, 1.165) is 12.1 Å². The molecule has 1 aliphatic heterocycles. The molecule has 1 N–H and O–H groups in total. The van der Waals surface area contributed by atoms with Gasteiger partial charge in [-0.3, -0.25) is 9.69 Å². The quantitative estimate of drug-likeness (QED) is 0.428. The molecule has 37 heavy (non-hydrogen) atoms. The van der Waals surface area contributed by atoms with Crippen molar-refractivity contribution in [2.45, 2.75) is 45.0 Å². The molecular formula is C22H21F9N2O4. The summed E-state index contributed by atoms with van der Waals surface area (Å²) in [5, 5.41) is 9.12. The summed E-state index contributed by atoms with van der Waals surface area (Å²) in [7, 11) is 0. The number of carbonyl (C=O) groups excluding carboxylic acids is 1. The van der Waals surface area contributed by atoms with Crippen LogP contribution in [0.5, 0.6) is 0 Å². The number of carboxylic acid groups (broad SMARTS) is 1. The first kappa shape index (κ1) is 30.1. The van der Waals surface area contributed by atoms with Crippen LogP contribution in [0.1, 0.15) is 30.5 Å². The van der Waals surface area contributed by atoms with Gasteiger partial charge in [0, 0.05) is 38.3 Å².